The van der Waals surface area contributed by atoms with Gasteiger partial charge in [0.2, 0.25) is 0 Å². The van der Waals surface area contributed by atoms with Crippen molar-refractivity contribution in [2.75, 3.05) is 6.54 Å². The number of unbranched alkanes of at least 4 members (excludes halogenated alkanes) is 2. The number of hydrogen-bond donors (Lipinski definition) is 1. The zero-order valence-electron chi connectivity index (χ0n) is 12.1. The van der Waals surface area contributed by atoms with Gasteiger partial charge in [-0.3, -0.25) is 4.79 Å². The van der Waals surface area contributed by atoms with Crippen molar-refractivity contribution >= 4 is 5.78 Å². The van der Waals surface area contributed by atoms with E-state index >= 15 is 0 Å². The van der Waals surface area contributed by atoms with Gasteiger partial charge in [-0.25, -0.2) is 0 Å². The van der Waals surface area contributed by atoms with Gasteiger partial charge in [-0.05, 0) is 24.7 Å². The van der Waals surface area contributed by atoms with E-state index in [2.05, 4.69) is 32.7 Å². The van der Waals surface area contributed by atoms with Crippen LogP contribution in [0.25, 0.3) is 0 Å². The summed E-state index contributed by atoms with van der Waals surface area (Å²) in [6.07, 6.45) is 7.97. The monoisotopic (exact) mass is 249 g/mol. The largest absolute Gasteiger partial charge is 0.385 e. The second-order valence-corrected chi connectivity index (χ2v) is 6.02. The third-order valence-electron chi connectivity index (χ3n) is 3.49. The molecule has 0 aliphatic heterocycles. The molecule has 102 valence electrons. The number of ketones is 1. The van der Waals surface area contributed by atoms with Crippen LogP contribution >= 0.6 is 0 Å². The molecule has 2 nitrogen and oxygen atoms in total. The number of nitrogens with one attached hydrogen (secondary N) is 1. The summed E-state index contributed by atoms with van der Waals surface area (Å²) >= 11 is 0. The Labute approximate surface area is 112 Å². The van der Waals surface area contributed by atoms with Gasteiger partial charge in [-0.1, -0.05) is 39.7 Å². The van der Waals surface area contributed by atoms with Crippen LogP contribution in [0, 0.1) is 5.41 Å². The molecule has 2 heteroatoms. The second-order valence-electron chi connectivity index (χ2n) is 6.02. The first-order chi connectivity index (χ1) is 8.50. The predicted octanol–water partition coefficient (Wildman–Crippen LogP) is 3.99. The number of hydrogen-bond acceptors (Lipinski definition) is 2. The standard InChI is InChI=1S/C16H27NO/c1-5-7-8-9-13-14(17-10-6-2)11-16(3,4)12-15(13)18/h6,17H,2,5,7-12H2,1,3-4H3. The molecule has 0 fully saturated rings. The first kappa shape index (κ1) is 15.0. The van der Waals surface area contributed by atoms with Crippen molar-refractivity contribution in [2.45, 2.75) is 59.3 Å². The molecule has 1 aliphatic rings. The third kappa shape index (κ3) is 4.32. The lowest BCUT2D eigenvalue weighted by molar-refractivity contribution is -0.118. The van der Waals surface area contributed by atoms with Crippen LogP contribution in [0.2, 0.25) is 0 Å². The van der Waals surface area contributed by atoms with Gasteiger partial charge in [0.05, 0.1) is 0 Å². The predicted molar refractivity (Wildman–Crippen MR) is 77.4 cm³/mol. The number of carbonyl (C=O) groups excluding carboxylic acids is 1. The van der Waals surface area contributed by atoms with Crippen molar-refractivity contribution < 1.29 is 4.79 Å². The van der Waals surface area contributed by atoms with E-state index in [-0.39, 0.29) is 5.41 Å². The summed E-state index contributed by atoms with van der Waals surface area (Å²) in [4.78, 5) is 12.3. The zero-order chi connectivity index (χ0) is 13.6. The van der Waals surface area contributed by atoms with Crippen molar-refractivity contribution in [1.82, 2.24) is 5.32 Å². The van der Waals surface area contributed by atoms with Crippen molar-refractivity contribution in [3.8, 4) is 0 Å². The van der Waals surface area contributed by atoms with Gasteiger partial charge in [0.25, 0.3) is 0 Å². The number of Topliss-reactive ketones (excluding diaryl/α,β-unsaturated/α-hetero) is 1. The summed E-state index contributed by atoms with van der Waals surface area (Å²) < 4.78 is 0. The van der Waals surface area contributed by atoms with Gasteiger partial charge in [0, 0.05) is 24.2 Å². The maximum atomic E-state index is 12.3. The zero-order valence-corrected chi connectivity index (χ0v) is 12.1. The minimum atomic E-state index is 0.0921. The van der Waals surface area contributed by atoms with Gasteiger partial charge < -0.3 is 5.32 Å². The highest BCUT2D eigenvalue weighted by Gasteiger charge is 2.32. The maximum absolute atomic E-state index is 12.3. The Morgan fingerprint density at radius 2 is 2.06 bits per heavy atom. The lowest BCUT2D eigenvalue weighted by atomic mass is 9.75. The van der Waals surface area contributed by atoms with Crippen LogP contribution in [0.5, 0.6) is 0 Å². The average Bonchev–Trinajstić information content (AvgIpc) is 2.28. The summed E-state index contributed by atoms with van der Waals surface area (Å²) in [5, 5.41) is 3.38. The average molecular weight is 249 g/mol. The molecule has 1 aliphatic carbocycles. The van der Waals surface area contributed by atoms with E-state index in [1.807, 2.05) is 6.08 Å². The summed E-state index contributed by atoms with van der Waals surface area (Å²) in [5.74, 6) is 0.342. The van der Waals surface area contributed by atoms with Crippen LogP contribution < -0.4 is 5.32 Å². The molecular weight excluding hydrogens is 222 g/mol. The topological polar surface area (TPSA) is 29.1 Å². The minimum Gasteiger partial charge on any atom is -0.385 e. The summed E-state index contributed by atoms with van der Waals surface area (Å²) in [6, 6.07) is 0. The van der Waals surface area contributed by atoms with Crippen molar-refractivity contribution in [3.63, 3.8) is 0 Å². The first-order valence-electron chi connectivity index (χ1n) is 7.10. The van der Waals surface area contributed by atoms with E-state index in [1.54, 1.807) is 0 Å². The molecule has 0 saturated carbocycles. The van der Waals surface area contributed by atoms with E-state index in [0.717, 1.165) is 37.1 Å². The first-order valence-corrected chi connectivity index (χ1v) is 7.10. The number of allylic oxidation sites excluding steroid dienone is 2. The lowest BCUT2D eigenvalue weighted by Gasteiger charge is -2.32. The molecule has 0 amide bonds. The van der Waals surface area contributed by atoms with Crippen molar-refractivity contribution in [1.29, 1.82) is 0 Å². The third-order valence-corrected chi connectivity index (χ3v) is 3.49. The SMILES string of the molecule is C=CCNC1=C(CCCCC)C(=O)CC(C)(C)C1. The maximum Gasteiger partial charge on any atom is 0.161 e. The van der Waals surface area contributed by atoms with Crippen LogP contribution in [0.15, 0.2) is 23.9 Å². The molecular formula is C16H27NO. The molecule has 1 rings (SSSR count). The van der Waals surface area contributed by atoms with Crippen LogP contribution in [0.4, 0.5) is 0 Å². The van der Waals surface area contributed by atoms with E-state index in [0.29, 0.717) is 12.2 Å². The van der Waals surface area contributed by atoms with Gasteiger partial charge in [-0.2, -0.15) is 0 Å². The normalized spacial score (nSPS) is 18.9. The highest BCUT2D eigenvalue weighted by molar-refractivity contribution is 5.97. The van der Waals surface area contributed by atoms with E-state index in [9.17, 15) is 4.79 Å². The van der Waals surface area contributed by atoms with Crippen molar-refractivity contribution in [2.24, 2.45) is 5.41 Å². The number of carbonyl (C=O) groups is 1. The molecule has 1 N–H and O–H groups in total. The molecule has 0 heterocycles. The van der Waals surface area contributed by atoms with Gasteiger partial charge >= 0.3 is 0 Å². The molecule has 0 bridgehead atoms. The Morgan fingerprint density at radius 1 is 1.33 bits per heavy atom. The lowest BCUT2D eigenvalue weighted by Crippen LogP contribution is -2.31. The van der Waals surface area contributed by atoms with Crippen LogP contribution in [-0.4, -0.2) is 12.3 Å². The molecule has 0 saturated heterocycles. The molecule has 0 radical (unpaired) electrons. The van der Waals surface area contributed by atoms with Gasteiger partial charge in [0.1, 0.15) is 0 Å². The highest BCUT2D eigenvalue weighted by Crippen LogP contribution is 2.37. The quantitative estimate of drug-likeness (QED) is 0.546. The molecule has 0 atom stereocenters. The summed E-state index contributed by atoms with van der Waals surface area (Å²) in [7, 11) is 0. The van der Waals surface area contributed by atoms with Crippen LogP contribution in [-0.2, 0) is 4.79 Å². The fourth-order valence-electron chi connectivity index (χ4n) is 2.56. The molecule has 0 aromatic heterocycles. The fourth-order valence-corrected chi connectivity index (χ4v) is 2.56. The second kappa shape index (κ2) is 6.77. The van der Waals surface area contributed by atoms with E-state index in [1.165, 1.54) is 12.8 Å². The fraction of sp³-hybridized carbons (Fsp3) is 0.688. The number of rotatable bonds is 7. The minimum absolute atomic E-state index is 0.0921. The Bertz CT molecular complexity index is 339. The van der Waals surface area contributed by atoms with Crippen molar-refractivity contribution in [3.05, 3.63) is 23.9 Å². The van der Waals surface area contributed by atoms with Crippen LogP contribution in [0.3, 0.4) is 0 Å². The van der Waals surface area contributed by atoms with E-state index < -0.39 is 0 Å². The molecule has 0 spiro atoms. The molecule has 0 aromatic carbocycles. The molecule has 18 heavy (non-hydrogen) atoms. The summed E-state index contributed by atoms with van der Waals surface area (Å²) in [5.41, 5.74) is 2.30. The molecule has 0 aromatic rings. The Hall–Kier alpha value is -1.05. The smallest absolute Gasteiger partial charge is 0.161 e. The summed E-state index contributed by atoms with van der Waals surface area (Å²) in [6.45, 7) is 11.0. The van der Waals surface area contributed by atoms with Gasteiger partial charge in [-0.15, -0.1) is 6.58 Å². The Balaban J connectivity index is 2.81. The van der Waals surface area contributed by atoms with Gasteiger partial charge in [0.15, 0.2) is 5.78 Å². The van der Waals surface area contributed by atoms with Crippen LogP contribution in [0.1, 0.15) is 59.3 Å². The van der Waals surface area contributed by atoms with E-state index in [4.69, 9.17) is 0 Å². The highest BCUT2D eigenvalue weighted by atomic mass is 16.1. The Kier molecular flexibility index (Phi) is 5.64. The Morgan fingerprint density at radius 3 is 2.67 bits per heavy atom. The molecule has 0 unspecified atom stereocenters.